The van der Waals surface area contributed by atoms with Crippen molar-refractivity contribution in [3.05, 3.63) is 0 Å². The maximum absolute atomic E-state index is 5.58. The van der Waals surface area contributed by atoms with Crippen molar-refractivity contribution in [1.82, 2.24) is 0 Å². The van der Waals surface area contributed by atoms with Crippen LogP contribution in [0.1, 0.15) is 58.3 Å². The maximum atomic E-state index is 5.58. The summed E-state index contributed by atoms with van der Waals surface area (Å²) in [5.74, 6) is 0. The van der Waals surface area contributed by atoms with Crippen LogP contribution in [0, 0.1) is 0 Å². The average Bonchev–Trinajstić information content (AvgIpc) is 2.14. The maximum Gasteiger partial charge on any atom is 0.493 e. The lowest BCUT2D eigenvalue weighted by atomic mass is 10.1. The van der Waals surface area contributed by atoms with Crippen molar-refractivity contribution in [1.29, 1.82) is 0 Å². The molecule has 0 aromatic rings. The molecule has 15 heavy (non-hydrogen) atoms. The van der Waals surface area contributed by atoms with Gasteiger partial charge in [-0.3, -0.25) is 0 Å². The van der Waals surface area contributed by atoms with Crippen molar-refractivity contribution in [2.75, 3.05) is 6.61 Å². The van der Waals surface area contributed by atoms with E-state index in [2.05, 4.69) is 6.92 Å². The predicted octanol–water partition coefficient (Wildman–Crippen LogP) is 5.30. The molecule has 92 valence electrons. The van der Waals surface area contributed by atoms with Gasteiger partial charge in [0.1, 0.15) is 0 Å². The molecular formula is C10H21Cl3OSi. The van der Waals surface area contributed by atoms with Gasteiger partial charge in [-0.25, -0.2) is 0 Å². The van der Waals surface area contributed by atoms with Crippen LogP contribution in [-0.2, 0) is 4.43 Å². The van der Waals surface area contributed by atoms with Gasteiger partial charge in [0.2, 0.25) is 0 Å². The first-order chi connectivity index (χ1) is 7.06. The summed E-state index contributed by atoms with van der Waals surface area (Å²) in [5, 5.41) is 0. The second-order valence-electron chi connectivity index (χ2n) is 3.77. The minimum atomic E-state index is -2.83. The average molecular weight is 292 g/mol. The molecule has 0 N–H and O–H groups in total. The van der Waals surface area contributed by atoms with Crippen LogP contribution in [0.3, 0.4) is 0 Å². The molecule has 0 aromatic heterocycles. The Kier molecular flexibility index (Phi) is 10.9. The molecule has 0 aromatic carbocycles. The van der Waals surface area contributed by atoms with Crippen LogP contribution >= 0.6 is 33.2 Å². The molecular weight excluding hydrogens is 271 g/mol. The van der Waals surface area contributed by atoms with Crippen LogP contribution in [0.15, 0.2) is 0 Å². The van der Waals surface area contributed by atoms with Gasteiger partial charge in [-0.05, 0) is 6.42 Å². The number of hydrogen-bond donors (Lipinski definition) is 0. The Hall–Kier alpha value is 1.05. The first-order valence-electron chi connectivity index (χ1n) is 5.77. The van der Waals surface area contributed by atoms with Crippen LogP contribution in [0.4, 0.5) is 0 Å². The minimum absolute atomic E-state index is 0.595. The van der Waals surface area contributed by atoms with E-state index in [1.165, 1.54) is 44.9 Å². The smallest absolute Gasteiger partial charge is 0.381 e. The van der Waals surface area contributed by atoms with Gasteiger partial charge in [0.15, 0.2) is 0 Å². The summed E-state index contributed by atoms with van der Waals surface area (Å²) < 4.78 is 5.11. The highest BCUT2D eigenvalue weighted by Gasteiger charge is 2.26. The molecule has 5 heteroatoms. The zero-order valence-electron chi connectivity index (χ0n) is 9.41. The normalized spacial score (nSPS) is 12.0. The Balaban J connectivity index is 2.99. The largest absolute Gasteiger partial charge is 0.493 e. The summed E-state index contributed by atoms with van der Waals surface area (Å²) in [6.07, 6.45) is 7.36. The highest BCUT2D eigenvalue weighted by molar-refractivity contribution is 7.62. The molecule has 0 bridgehead atoms. The summed E-state index contributed by atoms with van der Waals surface area (Å²) in [6.45, 7) is 2.83. The molecule has 0 saturated carbocycles. The van der Waals surface area contributed by atoms with Gasteiger partial charge in [0.25, 0.3) is 0 Å². The van der Waals surface area contributed by atoms with Crippen molar-refractivity contribution in [3.63, 3.8) is 0 Å². The zero-order valence-corrected chi connectivity index (χ0v) is 12.7. The molecule has 0 rings (SSSR count). The molecule has 0 amide bonds. The summed E-state index contributed by atoms with van der Waals surface area (Å²) in [4.78, 5) is 0. The third kappa shape index (κ3) is 15.0. The fourth-order valence-corrected chi connectivity index (χ4v) is 2.49. The van der Waals surface area contributed by atoms with Crippen LogP contribution in [0.25, 0.3) is 0 Å². The van der Waals surface area contributed by atoms with E-state index in [0.717, 1.165) is 6.42 Å². The summed E-state index contributed by atoms with van der Waals surface area (Å²) in [6, 6.07) is 0. The van der Waals surface area contributed by atoms with E-state index >= 15 is 0 Å². The summed E-state index contributed by atoms with van der Waals surface area (Å²) in [7, 11) is 0. The molecule has 0 atom stereocenters. The van der Waals surface area contributed by atoms with E-state index in [1.807, 2.05) is 0 Å². The van der Waals surface area contributed by atoms with Crippen molar-refractivity contribution < 1.29 is 4.43 Å². The van der Waals surface area contributed by atoms with Gasteiger partial charge < -0.3 is 4.43 Å². The Bertz CT molecular complexity index is 139. The van der Waals surface area contributed by atoms with Crippen molar-refractivity contribution >= 4 is 39.5 Å². The second-order valence-corrected chi connectivity index (χ2v) is 11.5. The van der Waals surface area contributed by atoms with Crippen molar-refractivity contribution in [2.45, 2.75) is 58.3 Å². The lowest BCUT2D eigenvalue weighted by Gasteiger charge is -2.08. The molecule has 0 aliphatic rings. The Morgan fingerprint density at radius 2 is 1.27 bits per heavy atom. The summed E-state index contributed by atoms with van der Waals surface area (Å²) in [5.41, 5.74) is 0. The van der Waals surface area contributed by atoms with Gasteiger partial charge in [-0.1, -0.05) is 85.1 Å². The van der Waals surface area contributed by atoms with Gasteiger partial charge in [-0.15, -0.1) is 0 Å². The molecule has 0 aliphatic carbocycles. The third-order valence-electron chi connectivity index (χ3n) is 2.26. The number of unbranched alkanes of at least 4 members (excludes halogenated alkanes) is 7. The lowest BCUT2D eigenvalue weighted by Crippen LogP contribution is -2.16. The van der Waals surface area contributed by atoms with Gasteiger partial charge in [0, 0.05) is 6.61 Å². The van der Waals surface area contributed by atoms with Crippen molar-refractivity contribution in [3.8, 4) is 0 Å². The van der Waals surface area contributed by atoms with E-state index in [1.54, 1.807) is 0 Å². The molecule has 0 spiro atoms. The van der Waals surface area contributed by atoms with E-state index < -0.39 is 6.25 Å². The van der Waals surface area contributed by atoms with Gasteiger partial charge in [0.05, 0.1) is 0 Å². The van der Waals surface area contributed by atoms with Crippen molar-refractivity contribution in [2.24, 2.45) is 0 Å². The second kappa shape index (κ2) is 10.2. The molecule has 1 nitrogen and oxygen atoms in total. The topological polar surface area (TPSA) is 9.23 Å². The molecule has 0 aliphatic heterocycles. The molecule has 0 radical (unpaired) electrons. The number of halogens is 3. The van der Waals surface area contributed by atoms with Crippen LogP contribution in [-0.4, -0.2) is 12.9 Å². The summed E-state index contributed by atoms with van der Waals surface area (Å²) >= 11 is 16.7. The number of hydrogen-bond acceptors (Lipinski definition) is 1. The highest BCUT2D eigenvalue weighted by Crippen LogP contribution is 2.21. The molecule has 0 fully saturated rings. The third-order valence-corrected chi connectivity index (χ3v) is 3.78. The van der Waals surface area contributed by atoms with Crippen LogP contribution in [0.2, 0.25) is 0 Å². The van der Waals surface area contributed by atoms with E-state index in [9.17, 15) is 0 Å². The number of rotatable bonds is 10. The molecule has 0 heterocycles. The molecule has 0 saturated heterocycles. The fourth-order valence-electron chi connectivity index (χ4n) is 1.42. The lowest BCUT2D eigenvalue weighted by molar-refractivity contribution is 0.320. The van der Waals surface area contributed by atoms with Crippen LogP contribution < -0.4 is 0 Å². The van der Waals surface area contributed by atoms with E-state index in [-0.39, 0.29) is 0 Å². The fraction of sp³-hybridized carbons (Fsp3) is 1.00. The first kappa shape index (κ1) is 16.0. The first-order valence-corrected chi connectivity index (χ1v) is 10.7. The predicted molar refractivity (Wildman–Crippen MR) is 71.9 cm³/mol. The SMILES string of the molecule is CCCCCCCCCCO[Si](Cl)(Cl)Cl. The van der Waals surface area contributed by atoms with Crippen LogP contribution in [0.5, 0.6) is 0 Å². The quantitative estimate of drug-likeness (QED) is 0.302. The monoisotopic (exact) mass is 290 g/mol. The highest BCUT2D eigenvalue weighted by atomic mass is 35.8. The Labute approximate surface area is 109 Å². The molecule has 0 unspecified atom stereocenters. The van der Waals surface area contributed by atoms with E-state index in [4.69, 9.17) is 37.7 Å². The van der Waals surface area contributed by atoms with E-state index in [0.29, 0.717) is 6.61 Å². The minimum Gasteiger partial charge on any atom is -0.381 e. The zero-order chi connectivity index (χ0) is 11.6. The Morgan fingerprint density at radius 1 is 0.800 bits per heavy atom. The standard InChI is InChI=1S/C10H21Cl3OSi/c1-2-3-4-5-6-7-8-9-10-14-15(11,12)13/h2-10H2,1H3. The van der Waals surface area contributed by atoms with Gasteiger partial charge >= 0.3 is 6.25 Å². The van der Waals surface area contributed by atoms with Gasteiger partial charge in [-0.2, -0.15) is 0 Å². The Morgan fingerprint density at radius 3 is 1.73 bits per heavy atom.